The van der Waals surface area contributed by atoms with E-state index in [0.717, 1.165) is 6.20 Å². The van der Waals surface area contributed by atoms with Gasteiger partial charge in [0.05, 0.1) is 43.0 Å². The van der Waals surface area contributed by atoms with Crippen molar-refractivity contribution >= 4 is 16.2 Å². The molecule has 37 heavy (non-hydrogen) atoms. The second-order valence-corrected chi connectivity index (χ2v) is 10.6. The lowest BCUT2D eigenvalue weighted by atomic mass is 9.79. The number of hydrogen-bond donors (Lipinski definition) is 7. The Morgan fingerprint density at radius 1 is 1.19 bits per heavy atom. The average Bonchev–Trinajstić information content (AvgIpc) is 2.80. The van der Waals surface area contributed by atoms with E-state index < -0.39 is 76.9 Å². The Kier molecular flexibility index (Phi) is 8.06. The van der Waals surface area contributed by atoms with E-state index in [4.69, 9.17) is 19.3 Å². The van der Waals surface area contributed by atoms with Crippen molar-refractivity contribution in [2.45, 2.75) is 80.5 Å². The summed E-state index contributed by atoms with van der Waals surface area (Å²) in [5.74, 6) is -2.74. The van der Waals surface area contributed by atoms with Crippen LogP contribution in [0.5, 0.6) is 5.75 Å². The molecule has 3 aliphatic rings. The first-order chi connectivity index (χ1) is 17.4. The lowest BCUT2D eigenvalue weighted by molar-refractivity contribution is -0.449. The molecule has 0 aromatic carbocycles. The number of aliphatic hydroxyl groups is 3. The van der Waals surface area contributed by atoms with Gasteiger partial charge in [0, 0.05) is 5.69 Å². The van der Waals surface area contributed by atoms with E-state index in [1.54, 1.807) is 21.0 Å². The Bertz CT molecular complexity index is 1080. The highest BCUT2D eigenvalue weighted by atomic mass is 32.2. The quantitative estimate of drug-likeness (QED) is 0.174. The van der Waals surface area contributed by atoms with E-state index in [-0.39, 0.29) is 18.6 Å². The minimum absolute atomic E-state index is 0.110. The normalized spacial score (nSPS) is 39.8. The van der Waals surface area contributed by atoms with Gasteiger partial charge in [0.25, 0.3) is 0 Å². The Morgan fingerprint density at radius 2 is 1.89 bits per heavy atom. The topological polar surface area (TPSA) is 224 Å². The Morgan fingerprint density at radius 3 is 2.49 bits per heavy atom. The summed E-state index contributed by atoms with van der Waals surface area (Å²) in [7, 11) is -0.993. The maximum Gasteiger partial charge on any atom is 0.380 e. The maximum absolute atomic E-state index is 12.9. The van der Waals surface area contributed by atoms with Crippen LogP contribution in [0.15, 0.2) is 18.3 Å². The zero-order chi connectivity index (χ0) is 27.1. The molecule has 1 aromatic heterocycles. The highest BCUT2D eigenvalue weighted by Gasteiger charge is 2.63. The molecule has 0 spiro atoms. The third-order valence-corrected chi connectivity index (χ3v) is 7.26. The second kappa shape index (κ2) is 10.6. The summed E-state index contributed by atoms with van der Waals surface area (Å²) < 4.78 is 44.4. The maximum atomic E-state index is 12.9. The van der Waals surface area contributed by atoms with Gasteiger partial charge in [-0.3, -0.25) is 9.78 Å². The molecule has 16 heteroatoms. The molecule has 1 aliphatic carbocycles. The summed E-state index contributed by atoms with van der Waals surface area (Å²) in [6.07, 6.45) is -4.80. The number of carbonyl (C=O) groups excluding carboxylic acids is 1. The third kappa shape index (κ3) is 5.73. The predicted molar refractivity (Wildman–Crippen MR) is 125 cm³/mol. The summed E-state index contributed by atoms with van der Waals surface area (Å²) in [4.78, 5) is 16.9. The minimum atomic E-state index is -4.21. The first-order valence-electron chi connectivity index (χ1n) is 11.7. The van der Waals surface area contributed by atoms with E-state index >= 15 is 0 Å². The summed E-state index contributed by atoms with van der Waals surface area (Å²) in [5, 5.41) is 46.6. The largest absolute Gasteiger partial charge is 0.390 e. The van der Waals surface area contributed by atoms with E-state index in [1.807, 2.05) is 0 Å². The Labute approximate surface area is 213 Å². The molecule has 1 amide bonds. The Balaban J connectivity index is 1.49. The number of likely N-dealkylation sites (N-methyl/N-ethyl adjacent to an activating group) is 2. The van der Waals surface area contributed by atoms with Gasteiger partial charge in [-0.25, -0.2) is 0 Å². The van der Waals surface area contributed by atoms with E-state index in [2.05, 4.69) is 25.1 Å². The van der Waals surface area contributed by atoms with Crippen LogP contribution in [-0.2, 0) is 35.7 Å². The van der Waals surface area contributed by atoms with Crippen molar-refractivity contribution in [2.75, 3.05) is 14.1 Å². The van der Waals surface area contributed by atoms with Gasteiger partial charge in [0.15, 0.2) is 5.75 Å². The number of amides is 1. The fourth-order valence-corrected chi connectivity index (χ4v) is 5.49. The van der Waals surface area contributed by atoms with E-state index in [0.29, 0.717) is 5.69 Å². The number of ether oxygens (including phenoxy) is 3. The number of nitrogens with two attached hydrogens (primary N) is 1. The molecule has 3 fully saturated rings. The fraction of sp³-hybridized carbons (Fsp3) is 0.714. The van der Waals surface area contributed by atoms with Crippen molar-refractivity contribution in [2.24, 2.45) is 5.14 Å². The number of nitrogens with one attached hydrogen (secondary N) is 3. The van der Waals surface area contributed by atoms with Crippen LogP contribution in [0.25, 0.3) is 0 Å². The zero-order valence-electron chi connectivity index (χ0n) is 20.5. The predicted octanol–water partition coefficient (Wildman–Crippen LogP) is -3.79. The molecule has 1 aromatic rings. The van der Waals surface area contributed by atoms with Crippen LogP contribution in [0, 0.1) is 0 Å². The lowest BCUT2D eigenvalue weighted by Gasteiger charge is -2.58. The molecule has 10 atom stereocenters. The number of nitrogens with zero attached hydrogens (tertiary/aromatic N) is 1. The van der Waals surface area contributed by atoms with Crippen molar-refractivity contribution in [1.82, 2.24) is 20.9 Å². The number of rotatable bonds is 7. The van der Waals surface area contributed by atoms with Crippen molar-refractivity contribution < 1.29 is 46.9 Å². The van der Waals surface area contributed by atoms with E-state index in [1.165, 1.54) is 12.1 Å². The summed E-state index contributed by atoms with van der Waals surface area (Å²) in [6.45, 7) is 1.74. The van der Waals surface area contributed by atoms with Gasteiger partial charge in [-0.15, -0.1) is 0 Å². The molecule has 3 heterocycles. The summed E-state index contributed by atoms with van der Waals surface area (Å²) in [5.41, 5.74) is 0.302. The van der Waals surface area contributed by atoms with Crippen molar-refractivity contribution in [3.05, 3.63) is 24.0 Å². The number of aromatic nitrogens is 1. The molecule has 1 saturated carbocycles. The molecule has 0 bridgehead atoms. The Hall–Kier alpha value is -1.99. The SMILES string of the molecule is CN[C@@H]1[C@H](O)[C@H](NC)[C@H]2O[C@]3(O)[C@H](O[C@@H]2[C@H]1O)O[C@H](C)C[C@H]3NC(=O)Cc1ccc(OS(N)(=O)=O)cn1. The van der Waals surface area contributed by atoms with Gasteiger partial charge < -0.3 is 49.7 Å². The van der Waals surface area contributed by atoms with Crippen LogP contribution in [0.4, 0.5) is 0 Å². The van der Waals surface area contributed by atoms with Gasteiger partial charge in [0.2, 0.25) is 18.0 Å². The van der Waals surface area contributed by atoms with Gasteiger partial charge in [-0.1, -0.05) is 0 Å². The van der Waals surface area contributed by atoms with Crippen LogP contribution >= 0.6 is 0 Å². The van der Waals surface area contributed by atoms with Gasteiger partial charge in [-0.05, 0) is 39.6 Å². The second-order valence-electron chi connectivity index (χ2n) is 9.42. The van der Waals surface area contributed by atoms with E-state index in [9.17, 15) is 28.5 Å². The van der Waals surface area contributed by atoms with Crippen LogP contribution in [0.3, 0.4) is 0 Å². The summed E-state index contributed by atoms with van der Waals surface area (Å²) in [6, 6.07) is 0.297. The monoisotopic (exact) mass is 547 g/mol. The highest BCUT2D eigenvalue weighted by molar-refractivity contribution is 7.84. The zero-order valence-corrected chi connectivity index (χ0v) is 21.3. The third-order valence-electron chi connectivity index (χ3n) is 6.84. The van der Waals surface area contributed by atoms with Gasteiger partial charge >= 0.3 is 10.3 Å². The summed E-state index contributed by atoms with van der Waals surface area (Å²) >= 11 is 0. The van der Waals surface area contributed by atoms with Crippen molar-refractivity contribution in [3.63, 3.8) is 0 Å². The highest BCUT2D eigenvalue weighted by Crippen LogP contribution is 2.42. The smallest absolute Gasteiger partial charge is 0.380 e. The van der Waals surface area contributed by atoms with Gasteiger partial charge in [0.1, 0.15) is 18.3 Å². The molecule has 4 rings (SSSR count). The van der Waals surface area contributed by atoms with Crippen molar-refractivity contribution in [3.8, 4) is 5.75 Å². The van der Waals surface area contributed by atoms with Crippen LogP contribution in [0.2, 0.25) is 0 Å². The number of pyridine rings is 1. The standard InChI is InChI=1S/C21H33N5O10S/c1-9-6-12(26-13(27)7-10-4-5-11(8-25-10)36-37(22,31)32)21(30)20(33-9)34-19-17(29)14(23-2)16(28)15(24-3)18(19)35-21/h4-5,8-9,12,14-20,23-24,28-30H,6-7H2,1-3H3,(H,26,27)(H2,22,31,32)/t9-,12-,14-,15+,16+,17+,18-,19-,20+,21+/m1/s1. The fourth-order valence-electron chi connectivity index (χ4n) is 5.13. The number of fused-ring (bicyclic) bond motifs is 2. The molecule has 15 nitrogen and oxygen atoms in total. The molecule has 8 N–H and O–H groups in total. The van der Waals surface area contributed by atoms with Crippen LogP contribution in [-0.4, -0.2) is 109 Å². The molecule has 208 valence electrons. The molecular formula is C21H33N5O10S. The first-order valence-corrected chi connectivity index (χ1v) is 13.2. The molecule has 0 radical (unpaired) electrons. The number of aliphatic hydroxyl groups excluding tert-OH is 2. The molecule has 2 aliphatic heterocycles. The molecule has 0 unspecified atom stereocenters. The number of carbonyl (C=O) groups is 1. The molecule has 2 saturated heterocycles. The van der Waals surface area contributed by atoms with Gasteiger partial charge in [-0.2, -0.15) is 13.6 Å². The van der Waals surface area contributed by atoms with Crippen LogP contribution < -0.4 is 25.3 Å². The lowest BCUT2D eigenvalue weighted by Crippen LogP contribution is -2.79. The van der Waals surface area contributed by atoms with Crippen LogP contribution in [0.1, 0.15) is 19.0 Å². The first kappa shape index (κ1) is 28.0. The molecular weight excluding hydrogens is 514 g/mol. The average molecular weight is 548 g/mol. The van der Waals surface area contributed by atoms with Crippen molar-refractivity contribution in [1.29, 1.82) is 0 Å². The minimum Gasteiger partial charge on any atom is -0.390 e. The number of hydrogen-bond acceptors (Lipinski definition) is 13.